The average Bonchev–Trinajstić information content (AvgIpc) is 2.79. The molecule has 0 aromatic carbocycles. The van der Waals surface area contributed by atoms with Crippen LogP contribution in [0.4, 0.5) is 0 Å². The van der Waals surface area contributed by atoms with Crippen molar-refractivity contribution in [1.82, 2.24) is 9.55 Å². The van der Waals surface area contributed by atoms with Crippen molar-refractivity contribution in [2.75, 3.05) is 26.4 Å². The third-order valence-electron chi connectivity index (χ3n) is 3.62. The predicted octanol–water partition coefficient (Wildman–Crippen LogP) is -1.48. The van der Waals surface area contributed by atoms with Gasteiger partial charge in [0.2, 0.25) is 0 Å². The summed E-state index contributed by atoms with van der Waals surface area (Å²) in [6, 6.07) is 0. The summed E-state index contributed by atoms with van der Waals surface area (Å²) in [7, 11) is 0. The van der Waals surface area contributed by atoms with Crippen LogP contribution >= 0.6 is 0 Å². The summed E-state index contributed by atoms with van der Waals surface area (Å²) in [6.07, 6.45) is -3.09. The second kappa shape index (κ2) is 7.84. The number of ether oxygens (including phenoxy) is 3. The van der Waals surface area contributed by atoms with E-state index >= 15 is 0 Å². The Hall–Kier alpha value is -1.52. The second-order valence-corrected chi connectivity index (χ2v) is 5.30. The lowest BCUT2D eigenvalue weighted by Gasteiger charge is -2.17. The lowest BCUT2D eigenvalue weighted by Crippen LogP contribution is -2.38. The molecule has 9 nitrogen and oxygen atoms in total. The zero-order valence-corrected chi connectivity index (χ0v) is 13.1. The number of hydrogen-bond donors (Lipinski definition) is 3. The van der Waals surface area contributed by atoms with Gasteiger partial charge in [0.25, 0.3) is 5.56 Å². The van der Waals surface area contributed by atoms with Crippen molar-refractivity contribution >= 4 is 0 Å². The van der Waals surface area contributed by atoms with Crippen LogP contribution in [-0.4, -0.2) is 64.5 Å². The van der Waals surface area contributed by atoms with Crippen molar-refractivity contribution < 1.29 is 24.4 Å². The summed E-state index contributed by atoms with van der Waals surface area (Å²) in [4.78, 5) is 25.4. The summed E-state index contributed by atoms with van der Waals surface area (Å²) in [5, 5.41) is 20.1. The fraction of sp³-hybridized carbons (Fsp3) is 0.714. The minimum Gasteiger partial charge on any atom is -0.387 e. The van der Waals surface area contributed by atoms with Crippen LogP contribution < -0.4 is 11.2 Å². The van der Waals surface area contributed by atoms with E-state index in [-0.39, 0.29) is 6.61 Å². The first-order chi connectivity index (χ1) is 11.0. The number of rotatable bonds is 7. The van der Waals surface area contributed by atoms with E-state index in [1.165, 1.54) is 13.1 Å². The molecule has 1 aromatic heterocycles. The maximum atomic E-state index is 11.9. The number of H-pyrrole nitrogens is 1. The molecule has 23 heavy (non-hydrogen) atoms. The Bertz CT molecular complexity index is 626. The SMILES string of the molecule is CCOCCOC[C@H]1O[C@@H](n2cc(C)c(=O)[nH]c2=O)[C@H](O)[C@@H]1O. The highest BCUT2D eigenvalue weighted by Gasteiger charge is 2.44. The Labute approximate surface area is 132 Å². The van der Waals surface area contributed by atoms with Gasteiger partial charge in [-0.05, 0) is 13.8 Å². The van der Waals surface area contributed by atoms with Crippen molar-refractivity contribution in [2.24, 2.45) is 0 Å². The van der Waals surface area contributed by atoms with Crippen molar-refractivity contribution in [3.63, 3.8) is 0 Å². The smallest absolute Gasteiger partial charge is 0.330 e. The second-order valence-electron chi connectivity index (χ2n) is 5.30. The maximum Gasteiger partial charge on any atom is 0.330 e. The van der Waals surface area contributed by atoms with Crippen LogP contribution in [-0.2, 0) is 14.2 Å². The molecular weight excluding hydrogens is 308 g/mol. The highest BCUT2D eigenvalue weighted by atomic mass is 16.6. The Morgan fingerprint density at radius 2 is 1.96 bits per heavy atom. The Kier molecular flexibility index (Phi) is 6.08. The highest BCUT2D eigenvalue weighted by Crippen LogP contribution is 2.28. The highest BCUT2D eigenvalue weighted by molar-refractivity contribution is 5.03. The van der Waals surface area contributed by atoms with E-state index in [0.29, 0.717) is 25.4 Å². The first-order valence-corrected chi connectivity index (χ1v) is 7.44. The topological polar surface area (TPSA) is 123 Å². The predicted molar refractivity (Wildman–Crippen MR) is 79.3 cm³/mol. The number of aryl methyl sites for hydroxylation is 1. The molecule has 1 aliphatic rings. The van der Waals surface area contributed by atoms with Crippen LogP contribution in [0.15, 0.2) is 15.8 Å². The van der Waals surface area contributed by atoms with Crippen LogP contribution in [0.1, 0.15) is 18.7 Å². The summed E-state index contributed by atoms with van der Waals surface area (Å²) >= 11 is 0. The number of aliphatic hydroxyl groups is 2. The summed E-state index contributed by atoms with van der Waals surface area (Å²) in [5.74, 6) is 0. The normalized spacial score (nSPS) is 27.5. The molecule has 3 N–H and O–H groups in total. The zero-order chi connectivity index (χ0) is 17.0. The minimum atomic E-state index is -1.31. The molecule has 0 aliphatic carbocycles. The lowest BCUT2D eigenvalue weighted by atomic mass is 10.1. The number of aliphatic hydroxyl groups excluding tert-OH is 2. The van der Waals surface area contributed by atoms with Gasteiger partial charge in [0, 0.05) is 18.4 Å². The van der Waals surface area contributed by atoms with Gasteiger partial charge in [-0.3, -0.25) is 14.3 Å². The Morgan fingerprint density at radius 1 is 1.26 bits per heavy atom. The van der Waals surface area contributed by atoms with E-state index in [1.54, 1.807) is 0 Å². The molecule has 0 spiro atoms. The average molecular weight is 330 g/mol. The number of nitrogens with zero attached hydrogens (tertiary/aromatic N) is 1. The standard InChI is InChI=1S/C14H22N2O7/c1-3-21-4-5-22-7-9-10(17)11(18)13(23-9)16-6-8(2)12(19)15-14(16)20/h6,9-11,13,17-18H,3-5,7H2,1-2H3,(H,15,19,20)/t9-,10-,11-,13-/m1/s1. The van der Waals surface area contributed by atoms with Crippen molar-refractivity contribution in [1.29, 1.82) is 0 Å². The third-order valence-corrected chi connectivity index (χ3v) is 3.62. The van der Waals surface area contributed by atoms with Gasteiger partial charge in [-0.25, -0.2) is 4.79 Å². The Morgan fingerprint density at radius 3 is 2.65 bits per heavy atom. The molecule has 9 heteroatoms. The van der Waals surface area contributed by atoms with E-state index in [2.05, 4.69) is 4.98 Å². The molecule has 4 atom stereocenters. The molecule has 0 radical (unpaired) electrons. The first-order valence-electron chi connectivity index (χ1n) is 7.44. The number of nitrogens with one attached hydrogen (secondary N) is 1. The number of aromatic amines is 1. The molecule has 0 saturated carbocycles. The number of aromatic nitrogens is 2. The lowest BCUT2D eigenvalue weighted by molar-refractivity contribution is -0.0736. The van der Waals surface area contributed by atoms with E-state index < -0.39 is 35.8 Å². The summed E-state index contributed by atoms with van der Waals surface area (Å²) in [5.41, 5.74) is -0.920. The van der Waals surface area contributed by atoms with Gasteiger partial charge < -0.3 is 24.4 Å². The molecule has 2 heterocycles. The van der Waals surface area contributed by atoms with Crippen LogP contribution in [0.5, 0.6) is 0 Å². The fourth-order valence-electron chi connectivity index (χ4n) is 2.33. The molecule has 0 unspecified atom stereocenters. The first kappa shape index (κ1) is 17.8. The quantitative estimate of drug-likeness (QED) is 0.521. The summed E-state index contributed by atoms with van der Waals surface area (Å²) in [6.45, 7) is 4.79. The fourth-order valence-corrected chi connectivity index (χ4v) is 2.33. The molecule has 1 aromatic rings. The van der Waals surface area contributed by atoms with Crippen molar-refractivity contribution in [3.8, 4) is 0 Å². The van der Waals surface area contributed by atoms with Crippen LogP contribution in [0.3, 0.4) is 0 Å². The van der Waals surface area contributed by atoms with E-state index in [4.69, 9.17) is 14.2 Å². The summed E-state index contributed by atoms with van der Waals surface area (Å²) < 4.78 is 17.0. The molecule has 2 rings (SSSR count). The molecule has 1 saturated heterocycles. The van der Waals surface area contributed by atoms with Crippen LogP contribution in [0, 0.1) is 6.92 Å². The molecule has 1 aliphatic heterocycles. The van der Waals surface area contributed by atoms with Gasteiger partial charge in [-0.2, -0.15) is 0 Å². The molecule has 130 valence electrons. The van der Waals surface area contributed by atoms with Gasteiger partial charge in [-0.1, -0.05) is 0 Å². The minimum absolute atomic E-state index is 0.0545. The van der Waals surface area contributed by atoms with Crippen LogP contribution in [0.2, 0.25) is 0 Å². The van der Waals surface area contributed by atoms with E-state index in [0.717, 1.165) is 4.57 Å². The molecule has 0 bridgehead atoms. The molecular formula is C14H22N2O7. The van der Waals surface area contributed by atoms with Gasteiger partial charge in [0.05, 0.1) is 19.8 Å². The van der Waals surface area contributed by atoms with Gasteiger partial charge in [0.1, 0.15) is 18.3 Å². The van der Waals surface area contributed by atoms with Gasteiger partial charge >= 0.3 is 5.69 Å². The van der Waals surface area contributed by atoms with Crippen LogP contribution in [0.25, 0.3) is 0 Å². The molecule has 1 fully saturated rings. The Balaban J connectivity index is 2.03. The zero-order valence-electron chi connectivity index (χ0n) is 13.1. The monoisotopic (exact) mass is 330 g/mol. The van der Waals surface area contributed by atoms with Gasteiger partial charge in [-0.15, -0.1) is 0 Å². The largest absolute Gasteiger partial charge is 0.387 e. The van der Waals surface area contributed by atoms with Crippen molar-refractivity contribution in [2.45, 2.75) is 38.4 Å². The molecule has 0 amide bonds. The van der Waals surface area contributed by atoms with E-state index in [9.17, 15) is 19.8 Å². The van der Waals surface area contributed by atoms with Crippen molar-refractivity contribution in [3.05, 3.63) is 32.6 Å². The van der Waals surface area contributed by atoms with E-state index in [1.807, 2.05) is 6.92 Å². The maximum absolute atomic E-state index is 11.9. The van der Waals surface area contributed by atoms with Gasteiger partial charge in [0.15, 0.2) is 6.23 Å². The third kappa shape index (κ3) is 4.06. The number of hydrogen-bond acceptors (Lipinski definition) is 7.